The first-order chi connectivity index (χ1) is 16.8. The Kier molecular flexibility index (Phi) is 4.81. The van der Waals surface area contributed by atoms with Crippen molar-refractivity contribution in [1.82, 2.24) is 29.2 Å². The van der Waals surface area contributed by atoms with Crippen molar-refractivity contribution in [3.8, 4) is 22.5 Å². The van der Waals surface area contributed by atoms with Gasteiger partial charge in [-0.1, -0.05) is 12.1 Å². The molecule has 4 heterocycles. The van der Waals surface area contributed by atoms with Crippen LogP contribution in [0.1, 0.15) is 60.9 Å². The lowest BCUT2D eigenvalue weighted by molar-refractivity contribution is -0.135. The number of halogens is 2. The Hall–Kier alpha value is -3.62. The van der Waals surface area contributed by atoms with Crippen LogP contribution in [0.3, 0.4) is 0 Å². The summed E-state index contributed by atoms with van der Waals surface area (Å²) >= 11 is 0. The molecule has 0 unspecified atom stereocenters. The van der Waals surface area contributed by atoms with E-state index in [2.05, 4.69) is 9.67 Å². The molecule has 1 aliphatic carbocycles. The van der Waals surface area contributed by atoms with E-state index in [0.29, 0.717) is 28.9 Å². The van der Waals surface area contributed by atoms with E-state index in [0.717, 1.165) is 41.3 Å². The summed E-state index contributed by atoms with van der Waals surface area (Å²) in [7, 11) is 3.57. The Balaban J connectivity index is 1.60. The number of carbonyl (C=O) groups excluding carboxylic acids is 1. The zero-order valence-electron chi connectivity index (χ0n) is 20.1. The molecule has 1 aliphatic heterocycles. The van der Waals surface area contributed by atoms with E-state index < -0.39 is 6.43 Å². The van der Waals surface area contributed by atoms with Crippen LogP contribution in [0, 0.1) is 6.92 Å². The van der Waals surface area contributed by atoms with Crippen LogP contribution in [0.4, 0.5) is 8.78 Å². The standard InChI is InChI=1S/C26H26F2N6O/c1-13-19(11-29-33(13)4)22-18(24(27)28)10-17-16(6-5-7-20(17)30-22)23-21-12-32(3)26(35)14(2)34(21)25(31-23)15-8-9-15/h5-7,10-11,14-15,24H,8-9,12H2,1-4H3/t14-/m0/s1. The molecule has 0 spiro atoms. The average molecular weight is 477 g/mol. The number of alkyl halides is 2. The molecule has 0 N–H and O–H groups in total. The summed E-state index contributed by atoms with van der Waals surface area (Å²) in [5.74, 6) is 1.32. The SMILES string of the molecule is Cc1c(-c2nc3cccc(-c4nc(C5CC5)n5c4CN(C)C(=O)[C@@H]5C)c3cc2C(F)F)cnn1C. The van der Waals surface area contributed by atoms with Gasteiger partial charge in [0.25, 0.3) is 6.43 Å². The molecule has 1 atom stereocenters. The molecule has 1 saturated carbocycles. The smallest absolute Gasteiger partial charge is 0.265 e. The van der Waals surface area contributed by atoms with E-state index in [4.69, 9.17) is 9.97 Å². The minimum atomic E-state index is -2.70. The number of imidazole rings is 1. The second kappa shape index (κ2) is 7.69. The van der Waals surface area contributed by atoms with Crippen molar-refractivity contribution in [3.05, 3.63) is 53.2 Å². The summed E-state index contributed by atoms with van der Waals surface area (Å²) in [5, 5.41) is 4.85. The van der Waals surface area contributed by atoms with Crippen LogP contribution in [0.25, 0.3) is 33.4 Å². The first-order valence-corrected chi connectivity index (χ1v) is 11.8. The monoisotopic (exact) mass is 476 g/mol. The van der Waals surface area contributed by atoms with Crippen LogP contribution in [0.2, 0.25) is 0 Å². The molecule has 1 amide bonds. The highest BCUT2D eigenvalue weighted by Gasteiger charge is 2.38. The molecule has 0 bridgehead atoms. The Morgan fingerprint density at radius 1 is 1.09 bits per heavy atom. The third-order valence-corrected chi connectivity index (χ3v) is 7.36. The van der Waals surface area contributed by atoms with E-state index in [1.54, 1.807) is 35.9 Å². The predicted molar refractivity (Wildman–Crippen MR) is 128 cm³/mol. The van der Waals surface area contributed by atoms with E-state index in [1.165, 1.54) is 0 Å². The predicted octanol–water partition coefficient (Wildman–Crippen LogP) is 5.16. The van der Waals surface area contributed by atoms with Gasteiger partial charge in [0, 0.05) is 47.8 Å². The topological polar surface area (TPSA) is 68.8 Å². The van der Waals surface area contributed by atoms with Crippen molar-refractivity contribution < 1.29 is 13.6 Å². The maximum Gasteiger partial charge on any atom is 0.265 e. The molecule has 0 radical (unpaired) electrons. The number of fused-ring (bicyclic) bond motifs is 2. The van der Waals surface area contributed by atoms with Gasteiger partial charge < -0.3 is 9.47 Å². The first-order valence-electron chi connectivity index (χ1n) is 11.8. The Morgan fingerprint density at radius 2 is 1.86 bits per heavy atom. The summed E-state index contributed by atoms with van der Waals surface area (Å²) in [6.07, 6.45) is 0.984. The average Bonchev–Trinajstić information content (AvgIpc) is 3.54. The highest BCUT2D eigenvalue weighted by molar-refractivity contribution is 5.96. The maximum absolute atomic E-state index is 14.3. The van der Waals surface area contributed by atoms with E-state index in [1.807, 2.05) is 32.0 Å². The van der Waals surface area contributed by atoms with Crippen molar-refractivity contribution >= 4 is 16.8 Å². The fourth-order valence-corrected chi connectivity index (χ4v) is 5.18. The van der Waals surface area contributed by atoms with Crippen LogP contribution < -0.4 is 0 Å². The summed E-state index contributed by atoms with van der Waals surface area (Å²) in [5.41, 5.74) is 4.56. The van der Waals surface area contributed by atoms with Gasteiger partial charge in [-0.3, -0.25) is 9.48 Å². The zero-order valence-corrected chi connectivity index (χ0v) is 20.1. The number of pyridine rings is 1. The lowest BCUT2D eigenvalue weighted by atomic mass is 9.98. The van der Waals surface area contributed by atoms with Crippen LogP contribution in [0.5, 0.6) is 0 Å². The third kappa shape index (κ3) is 3.28. The zero-order chi connectivity index (χ0) is 24.6. The molecule has 2 aliphatic rings. The number of rotatable bonds is 4. The summed E-state index contributed by atoms with van der Waals surface area (Å²) in [6.45, 7) is 4.17. The third-order valence-electron chi connectivity index (χ3n) is 7.36. The molecule has 3 aromatic heterocycles. The largest absolute Gasteiger partial charge is 0.338 e. The summed E-state index contributed by atoms with van der Waals surface area (Å²) in [4.78, 5) is 24.2. The van der Waals surface area contributed by atoms with Crippen molar-refractivity contribution in [2.75, 3.05) is 7.05 Å². The molecule has 1 fully saturated rings. The molecule has 35 heavy (non-hydrogen) atoms. The highest BCUT2D eigenvalue weighted by atomic mass is 19.3. The maximum atomic E-state index is 14.3. The molecule has 180 valence electrons. The van der Waals surface area contributed by atoms with Gasteiger partial charge in [-0.15, -0.1) is 0 Å². The summed E-state index contributed by atoms with van der Waals surface area (Å²) in [6, 6.07) is 6.84. The Bertz CT molecular complexity index is 1500. The van der Waals surface area contributed by atoms with Gasteiger partial charge >= 0.3 is 0 Å². The van der Waals surface area contributed by atoms with Crippen LogP contribution in [-0.2, 0) is 18.4 Å². The quantitative estimate of drug-likeness (QED) is 0.408. The number of benzene rings is 1. The van der Waals surface area contributed by atoms with Gasteiger partial charge in [0.2, 0.25) is 5.91 Å². The van der Waals surface area contributed by atoms with Crippen molar-refractivity contribution in [3.63, 3.8) is 0 Å². The molecule has 6 rings (SSSR count). The molecule has 4 aromatic rings. The van der Waals surface area contributed by atoms with E-state index >= 15 is 0 Å². The van der Waals surface area contributed by atoms with Crippen LogP contribution >= 0.6 is 0 Å². The molecular formula is C26H26F2N6O. The van der Waals surface area contributed by atoms with Crippen molar-refractivity contribution in [2.45, 2.75) is 51.6 Å². The van der Waals surface area contributed by atoms with Gasteiger partial charge in [-0.05, 0) is 38.8 Å². The van der Waals surface area contributed by atoms with Gasteiger partial charge in [0.15, 0.2) is 0 Å². The number of aryl methyl sites for hydroxylation is 1. The molecule has 0 saturated heterocycles. The lowest BCUT2D eigenvalue weighted by Gasteiger charge is -2.31. The molecule has 7 nitrogen and oxygen atoms in total. The Labute approximate surface area is 201 Å². The highest BCUT2D eigenvalue weighted by Crippen LogP contribution is 2.45. The molecule has 1 aromatic carbocycles. The molecule has 9 heteroatoms. The minimum absolute atomic E-state index is 0.0550. The lowest BCUT2D eigenvalue weighted by Crippen LogP contribution is -2.39. The first kappa shape index (κ1) is 21.9. The minimum Gasteiger partial charge on any atom is -0.338 e. The van der Waals surface area contributed by atoms with Crippen molar-refractivity contribution in [2.24, 2.45) is 7.05 Å². The number of hydrogen-bond acceptors (Lipinski definition) is 4. The number of aromatic nitrogens is 5. The van der Waals surface area contributed by atoms with Gasteiger partial charge in [-0.2, -0.15) is 5.10 Å². The molecular weight excluding hydrogens is 450 g/mol. The fourth-order valence-electron chi connectivity index (χ4n) is 5.18. The number of nitrogens with zero attached hydrogens (tertiary/aromatic N) is 6. The van der Waals surface area contributed by atoms with Gasteiger partial charge in [-0.25, -0.2) is 18.7 Å². The number of amides is 1. The van der Waals surface area contributed by atoms with Gasteiger partial charge in [0.05, 0.1) is 35.3 Å². The van der Waals surface area contributed by atoms with E-state index in [-0.39, 0.29) is 23.2 Å². The number of hydrogen-bond donors (Lipinski definition) is 0. The number of likely N-dealkylation sites (N-methyl/N-ethyl adjacent to an activating group) is 1. The second-order valence-corrected chi connectivity index (χ2v) is 9.65. The number of carbonyl (C=O) groups is 1. The normalized spacial score (nSPS) is 18.1. The second-order valence-electron chi connectivity index (χ2n) is 9.65. The Morgan fingerprint density at radius 3 is 2.51 bits per heavy atom. The van der Waals surface area contributed by atoms with Gasteiger partial charge in [0.1, 0.15) is 11.9 Å². The van der Waals surface area contributed by atoms with Crippen LogP contribution in [0.15, 0.2) is 30.5 Å². The summed E-state index contributed by atoms with van der Waals surface area (Å²) < 4.78 is 32.4. The van der Waals surface area contributed by atoms with Crippen LogP contribution in [-0.4, -0.2) is 42.2 Å². The van der Waals surface area contributed by atoms with E-state index in [9.17, 15) is 13.6 Å². The fraction of sp³-hybridized carbons (Fsp3) is 0.385. The van der Waals surface area contributed by atoms with Crippen molar-refractivity contribution in [1.29, 1.82) is 0 Å².